The van der Waals surface area contributed by atoms with Gasteiger partial charge in [0, 0.05) is 5.02 Å². The molecule has 4 nitrogen and oxygen atoms in total. The minimum atomic E-state index is -0.0946. The number of fused-ring (bicyclic) bond motifs is 1. The molecule has 126 valence electrons. The Balaban J connectivity index is 1.74. The lowest BCUT2D eigenvalue weighted by molar-refractivity contribution is -0.121. The van der Waals surface area contributed by atoms with Crippen LogP contribution in [-0.2, 0) is 4.79 Å². The number of rotatable bonds is 3. The third kappa shape index (κ3) is 3.34. The van der Waals surface area contributed by atoms with Crippen molar-refractivity contribution < 1.29 is 14.3 Å². The topological polar surface area (TPSA) is 38.8 Å². The van der Waals surface area contributed by atoms with Crippen molar-refractivity contribution in [2.45, 2.75) is 26.9 Å². The zero-order chi connectivity index (χ0) is 17.3. The predicted molar refractivity (Wildman–Crippen MR) is 95.3 cm³/mol. The van der Waals surface area contributed by atoms with E-state index in [-0.39, 0.29) is 18.6 Å². The highest BCUT2D eigenvalue weighted by atomic mass is 35.5. The first-order valence-electron chi connectivity index (χ1n) is 7.91. The highest BCUT2D eigenvalue weighted by molar-refractivity contribution is 6.32. The summed E-state index contributed by atoms with van der Waals surface area (Å²) in [7, 11) is 0. The molecule has 1 aliphatic heterocycles. The van der Waals surface area contributed by atoms with Gasteiger partial charge in [-0.15, -0.1) is 0 Å². The molecular formula is C19H20ClNO3. The van der Waals surface area contributed by atoms with E-state index in [0.717, 1.165) is 27.6 Å². The molecule has 3 rings (SSSR count). The Morgan fingerprint density at radius 1 is 1.29 bits per heavy atom. The van der Waals surface area contributed by atoms with Gasteiger partial charge in [-0.2, -0.15) is 0 Å². The maximum absolute atomic E-state index is 12.6. The van der Waals surface area contributed by atoms with Gasteiger partial charge in [-0.3, -0.25) is 4.79 Å². The SMILES string of the molecule is Cc1cc(OCC(=O)N2C[C@@H](C)Oc3ccccc32)cc(C)c1Cl. The third-order valence-electron chi connectivity index (χ3n) is 4.00. The predicted octanol–water partition coefficient (Wildman–Crippen LogP) is 4.15. The van der Waals surface area contributed by atoms with Gasteiger partial charge in [0.1, 0.15) is 17.6 Å². The molecule has 1 heterocycles. The van der Waals surface area contributed by atoms with E-state index in [1.807, 2.05) is 57.2 Å². The number of para-hydroxylation sites is 2. The van der Waals surface area contributed by atoms with E-state index in [1.54, 1.807) is 4.90 Å². The summed E-state index contributed by atoms with van der Waals surface area (Å²) >= 11 is 6.16. The van der Waals surface area contributed by atoms with Gasteiger partial charge in [-0.25, -0.2) is 0 Å². The van der Waals surface area contributed by atoms with E-state index in [4.69, 9.17) is 21.1 Å². The van der Waals surface area contributed by atoms with Crippen LogP contribution < -0.4 is 14.4 Å². The zero-order valence-electron chi connectivity index (χ0n) is 14.0. The van der Waals surface area contributed by atoms with Crippen molar-refractivity contribution in [2.24, 2.45) is 0 Å². The van der Waals surface area contributed by atoms with Crippen molar-refractivity contribution in [1.82, 2.24) is 0 Å². The maximum atomic E-state index is 12.6. The number of ether oxygens (including phenoxy) is 2. The van der Waals surface area contributed by atoms with Crippen LogP contribution in [0, 0.1) is 13.8 Å². The molecule has 24 heavy (non-hydrogen) atoms. The highest BCUT2D eigenvalue weighted by Gasteiger charge is 2.27. The summed E-state index contributed by atoms with van der Waals surface area (Å²) in [6.45, 7) is 6.27. The molecule has 1 atom stereocenters. The number of amides is 1. The Bertz CT molecular complexity index is 752. The average molecular weight is 346 g/mol. The number of aryl methyl sites for hydroxylation is 2. The van der Waals surface area contributed by atoms with Crippen LogP contribution in [-0.4, -0.2) is 25.2 Å². The molecule has 5 heteroatoms. The normalized spacial score (nSPS) is 16.3. The molecule has 0 saturated heterocycles. The molecule has 0 N–H and O–H groups in total. The first-order valence-corrected chi connectivity index (χ1v) is 8.29. The molecular weight excluding hydrogens is 326 g/mol. The van der Waals surface area contributed by atoms with Crippen LogP contribution in [0.5, 0.6) is 11.5 Å². The summed E-state index contributed by atoms with van der Waals surface area (Å²) in [6.07, 6.45) is -0.0520. The second-order valence-electron chi connectivity index (χ2n) is 6.06. The van der Waals surface area contributed by atoms with Gasteiger partial charge >= 0.3 is 0 Å². The Hall–Kier alpha value is -2.20. The number of carbonyl (C=O) groups excluding carboxylic acids is 1. The van der Waals surface area contributed by atoms with Crippen molar-refractivity contribution in [3.63, 3.8) is 0 Å². The fraction of sp³-hybridized carbons (Fsp3) is 0.316. The summed E-state index contributed by atoms with van der Waals surface area (Å²) in [4.78, 5) is 14.4. The third-order valence-corrected chi connectivity index (χ3v) is 4.59. The zero-order valence-corrected chi connectivity index (χ0v) is 14.8. The fourth-order valence-corrected chi connectivity index (χ4v) is 2.95. The van der Waals surface area contributed by atoms with Crippen LogP contribution in [0.4, 0.5) is 5.69 Å². The number of anilines is 1. The number of nitrogens with zero attached hydrogens (tertiary/aromatic N) is 1. The molecule has 0 aliphatic carbocycles. The molecule has 0 unspecified atom stereocenters. The molecule has 0 fully saturated rings. The summed E-state index contributed by atoms with van der Waals surface area (Å²) < 4.78 is 11.5. The van der Waals surface area contributed by atoms with Crippen LogP contribution in [0.3, 0.4) is 0 Å². The van der Waals surface area contributed by atoms with Crippen molar-refractivity contribution in [3.8, 4) is 11.5 Å². The van der Waals surface area contributed by atoms with Crippen molar-refractivity contribution in [1.29, 1.82) is 0 Å². The smallest absolute Gasteiger partial charge is 0.265 e. The van der Waals surface area contributed by atoms with E-state index in [2.05, 4.69) is 0 Å². The minimum absolute atomic E-state index is 0.0262. The summed E-state index contributed by atoms with van der Waals surface area (Å²) in [5, 5.41) is 0.726. The number of hydrogen-bond donors (Lipinski definition) is 0. The van der Waals surface area contributed by atoms with Gasteiger partial charge in [-0.05, 0) is 56.2 Å². The van der Waals surface area contributed by atoms with Crippen molar-refractivity contribution in [3.05, 3.63) is 52.5 Å². The molecule has 2 aromatic rings. The molecule has 1 aliphatic rings. The standard InChI is InChI=1S/C19H20ClNO3/c1-12-8-15(9-13(2)19(12)20)23-11-18(22)21-10-14(3)24-17-7-5-4-6-16(17)21/h4-9,14H,10-11H2,1-3H3/t14-/m1/s1. The lowest BCUT2D eigenvalue weighted by atomic mass is 10.1. The second kappa shape index (κ2) is 6.73. The first-order chi connectivity index (χ1) is 11.5. The summed E-state index contributed by atoms with van der Waals surface area (Å²) in [6, 6.07) is 11.2. The van der Waals surface area contributed by atoms with Gasteiger partial charge in [0.05, 0.1) is 12.2 Å². The van der Waals surface area contributed by atoms with E-state index in [0.29, 0.717) is 12.3 Å². The first kappa shape index (κ1) is 16.7. The molecule has 0 radical (unpaired) electrons. The summed E-state index contributed by atoms with van der Waals surface area (Å²) in [5.41, 5.74) is 2.65. The van der Waals surface area contributed by atoms with E-state index >= 15 is 0 Å². The number of benzene rings is 2. The van der Waals surface area contributed by atoms with Crippen LogP contribution >= 0.6 is 11.6 Å². The van der Waals surface area contributed by atoms with Crippen LogP contribution in [0.2, 0.25) is 5.02 Å². The second-order valence-corrected chi connectivity index (χ2v) is 6.44. The Kier molecular flexibility index (Phi) is 4.67. The maximum Gasteiger partial charge on any atom is 0.265 e. The van der Waals surface area contributed by atoms with Gasteiger partial charge in [0.15, 0.2) is 6.61 Å². The molecule has 2 aromatic carbocycles. The summed E-state index contributed by atoms with van der Waals surface area (Å²) in [5.74, 6) is 1.28. The Morgan fingerprint density at radius 3 is 2.67 bits per heavy atom. The van der Waals surface area contributed by atoms with Gasteiger partial charge < -0.3 is 14.4 Å². The molecule has 0 aromatic heterocycles. The quantitative estimate of drug-likeness (QED) is 0.838. The Morgan fingerprint density at radius 2 is 1.96 bits per heavy atom. The van der Waals surface area contributed by atoms with E-state index in [1.165, 1.54) is 0 Å². The monoisotopic (exact) mass is 345 g/mol. The highest BCUT2D eigenvalue weighted by Crippen LogP contribution is 2.33. The average Bonchev–Trinajstić information content (AvgIpc) is 2.56. The number of carbonyl (C=O) groups is 1. The van der Waals surface area contributed by atoms with E-state index < -0.39 is 0 Å². The number of halogens is 1. The number of hydrogen-bond acceptors (Lipinski definition) is 3. The van der Waals surface area contributed by atoms with Gasteiger partial charge in [0.2, 0.25) is 0 Å². The lowest BCUT2D eigenvalue weighted by Gasteiger charge is -2.33. The fourth-order valence-electron chi connectivity index (χ4n) is 2.84. The molecule has 1 amide bonds. The van der Waals surface area contributed by atoms with Crippen LogP contribution in [0.25, 0.3) is 0 Å². The molecule has 0 saturated carbocycles. The van der Waals surface area contributed by atoms with Crippen molar-refractivity contribution >= 4 is 23.2 Å². The van der Waals surface area contributed by atoms with Gasteiger partial charge in [0.25, 0.3) is 5.91 Å². The minimum Gasteiger partial charge on any atom is -0.487 e. The van der Waals surface area contributed by atoms with Crippen LogP contribution in [0.1, 0.15) is 18.1 Å². The van der Waals surface area contributed by atoms with Crippen LogP contribution in [0.15, 0.2) is 36.4 Å². The molecule has 0 bridgehead atoms. The largest absolute Gasteiger partial charge is 0.487 e. The van der Waals surface area contributed by atoms with E-state index in [9.17, 15) is 4.79 Å². The molecule has 0 spiro atoms. The Labute approximate surface area is 146 Å². The lowest BCUT2D eigenvalue weighted by Crippen LogP contribution is -2.44. The van der Waals surface area contributed by atoms with Crippen molar-refractivity contribution in [2.75, 3.05) is 18.1 Å². The van der Waals surface area contributed by atoms with Gasteiger partial charge in [-0.1, -0.05) is 23.7 Å².